The highest BCUT2D eigenvalue weighted by Crippen LogP contribution is 2.34. The van der Waals surface area contributed by atoms with E-state index in [1.54, 1.807) is 37.2 Å². The molecular weight excluding hydrogens is 340 g/mol. The number of benzene rings is 1. The van der Waals surface area contributed by atoms with Crippen molar-refractivity contribution in [3.63, 3.8) is 0 Å². The maximum absolute atomic E-state index is 13.1. The third kappa shape index (κ3) is 4.48. The number of nitrogens with zero attached hydrogens (tertiary/aromatic N) is 2. The first-order valence-corrected chi connectivity index (χ1v) is 9.89. The van der Waals surface area contributed by atoms with Crippen LogP contribution in [0.1, 0.15) is 28.8 Å². The van der Waals surface area contributed by atoms with Gasteiger partial charge in [-0.05, 0) is 37.5 Å². The van der Waals surface area contributed by atoms with Crippen LogP contribution in [0.2, 0.25) is 0 Å². The lowest BCUT2D eigenvalue weighted by Crippen LogP contribution is -2.28. The van der Waals surface area contributed by atoms with Crippen LogP contribution in [0.5, 0.6) is 0 Å². The zero-order valence-corrected chi connectivity index (χ0v) is 16.1. The van der Waals surface area contributed by atoms with E-state index in [2.05, 4.69) is 0 Å². The summed E-state index contributed by atoms with van der Waals surface area (Å²) in [4.78, 5) is 27.3. The Morgan fingerprint density at radius 1 is 1.16 bits per heavy atom. The molecular formula is C18H24N2O4S. The number of sulfonamides is 1. The molecule has 0 heterocycles. The van der Waals surface area contributed by atoms with Crippen molar-refractivity contribution in [2.45, 2.75) is 19.8 Å². The number of ketones is 2. The molecule has 1 aliphatic rings. The Hall–Kier alpha value is -2.15. The molecule has 0 unspecified atom stereocenters. The first-order valence-electron chi connectivity index (χ1n) is 8.04. The van der Waals surface area contributed by atoms with E-state index in [0.29, 0.717) is 0 Å². The monoisotopic (exact) mass is 364 g/mol. The Kier molecular flexibility index (Phi) is 5.37. The molecule has 0 bridgehead atoms. The molecule has 1 fully saturated rings. The number of aryl methyl sites for hydroxylation is 1. The minimum Gasteiger partial charge on any atom is -0.383 e. The highest BCUT2D eigenvalue weighted by molar-refractivity contribution is 7.92. The average Bonchev–Trinajstić information content (AvgIpc) is 3.34. The van der Waals surface area contributed by atoms with Gasteiger partial charge in [0.15, 0.2) is 11.6 Å². The number of anilines is 1. The van der Waals surface area contributed by atoms with E-state index in [4.69, 9.17) is 0 Å². The number of hydrogen-bond donors (Lipinski definition) is 0. The van der Waals surface area contributed by atoms with Crippen LogP contribution < -0.4 is 4.31 Å². The van der Waals surface area contributed by atoms with Gasteiger partial charge < -0.3 is 4.90 Å². The molecule has 0 aliphatic heterocycles. The fourth-order valence-electron chi connectivity index (χ4n) is 2.48. The molecule has 1 saturated carbocycles. The average molecular weight is 364 g/mol. The van der Waals surface area contributed by atoms with E-state index in [0.717, 1.165) is 29.0 Å². The molecule has 0 saturated heterocycles. The van der Waals surface area contributed by atoms with Crippen molar-refractivity contribution >= 4 is 27.3 Å². The lowest BCUT2D eigenvalue weighted by Gasteiger charge is -2.21. The summed E-state index contributed by atoms with van der Waals surface area (Å²) in [6.07, 6.45) is 4.18. The lowest BCUT2D eigenvalue weighted by atomic mass is 9.96. The molecule has 25 heavy (non-hydrogen) atoms. The third-order valence-electron chi connectivity index (χ3n) is 4.08. The zero-order chi connectivity index (χ0) is 18.9. The number of allylic oxidation sites excluding steroid dienone is 1. The summed E-state index contributed by atoms with van der Waals surface area (Å²) in [5.41, 5.74) is 1.41. The Bertz CT molecular complexity index is 837. The lowest BCUT2D eigenvalue weighted by molar-refractivity contribution is -0.116. The SMILES string of the molecule is Cc1ccc(C(=O)C(=CN(C)C)C(=O)C2CC2)c(N(C)S(C)(=O)=O)c1. The number of Topliss-reactive ketones (excluding diaryl/α,β-unsaturated/α-hetero) is 2. The Morgan fingerprint density at radius 3 is 2.24 bits per heavy atom. The number of carbonyl (C=O) groups is 2. The molecule has 2 rings (SSSR count). The molecule has 1 aromatic carbocycles. The van der Waals surface area contributed by atoms with E-state index in [9.17, 15) is 18.0 Å². The van der Waals surface area contributed by atoms with E-state index < -0.39 is 15.8 Å². The Labute approximate surface area is 149 Å². The van der Waals surface area contributed by atoms with Crippen molar-refractivity contribution in [1.29, 1.82) is 0 Å². The first kappa shape index (κ1) is 19.2. The summed E-state index contributed by atoms with van der Waals surface area (Å²) in [6.45, 7) is 1.82. The van der Waals surface area contributed by atoms with E-state index >= 15 is 0 Å². The van der Waals surface area contributed by atoms with Crippen LogP contribution in [-0.2, 0) is 14.8 Å². The topological polar surface area (TPSA) is 74.8 Å². The molecule has 1 aliphatic carbocycles. The van der Waals surface area contributed by atoms with Crippen molar-refractivity contribution in [1.82, 2.24) is 4.90 Å². The molecule has 0 radical (unpaired) electrons. The van der Waals surface area contributed by atoms with Gasteiger partial charge in [-0.2, -0.15) is 0 Å². The zero-order valence-electron chi connectivity index (χ0n) is 15.2. The normalized spacial score (nSPS) is 15.0. The highest BCUT2D eigenvalue weighted by atomic mass is 32.2. The van der Waals surface area contributed by atoms with Gasteiger partial charge in [0.1, 0.15) is 0 Å². The van der Waals surface area contributed by atoms with E-state index in [1.807, 2.05) is 6.92 Å². The standard InChI is InChI=1S/C18H24N2O4S/c1-12-6-9-14(16(10-12)20(4)25(5,23)24)18(22)15(11-19(2)3)17(21)13-7-8-13/h6,9-11,13H,7-8H2,1-5H3. The molecule has 136 valence electrons. The number of hydrogen-bond acceptors (Lipinski definition) is 5. The molecule has 7 heteroatoms. The fraction of sp³-hybridized carbons (Fsp3) is 0.444. The van der Waals surface area contributed by atoms with Crippen molar-refractivity contribution in [2.24, 2.45) is 5.92 Å². The van der Waals surface area contributed by atoms with Gasteiger partial charge in [0, 0.05) is 38.8 Å². The van der Waals surface area contributed by atoms with Gasteiger partial charge in [0.25, 0.3) is 0 Å². The van der Waals surface area contributed by atoms with Crippen LogP contribution in [0.4, 0.5) is 5.69 Å². The second kappa shape index (κ2) is 7.00. The maximum atomic E-state index is 13.1. The number of rotatable bonds is 7. The van der Waals surface area contributed by atoms with E-state index in [1.165, 1.54) is 13.2 Å². The first-order chi connectivity index (χ1) is 11.5. The fourth-order valence-corrected chi connectivity index (χ4v) is 2.98. The quantitative estimate of drug-likeness (QED) is 0.320. The van der Waals surface area contributed by atoms with Gasteiger partial charge in [0.05, 0.1) is 17.5 Å². The summed E-state index contributed by atoms with van der Waals surface area (Å²) in [7, 11) is 1.35. The summed E-state index contributed by atoms with van der Waals surface area (Å²) in [6, 6.07) is 4.96. The van der Waals surface area contributed by atoms with Gasteiger partial charge in [-0.25, -0.2) is 8.42 Å². The maximum Gasteiger partial charge on any atom is 0.232 e. The Balaban J connectivity index is 2.55. The summed E-state index contributed by atoms with van der Waals surface area (Å²) in [5, 5.41) is 0. The third-order valence-corrected chi connectivity index (χ3v) is 5.27. The summed E-state index contributed by atoms with van der Waals surface area (Å²) >= 11 is 0. The van der Waals surface area contributed by atoms with Crippen LogP contribution in [-0.4, -0.2) is 52.3 Å². The highest BCUT2D eigenvalue weighted by Gasteiger charge is 2.35. The van der Waals surface area contributed by atoms with Gasteiger partial charge in [-0.3, -0.25) is 13.9 Å². The van der Waals surface area contributed by atoms with Crippen molar-refractivity contribution in [3.05, 3.63) is 41.1 Å². The smallest absolute Gasteiger partial charge is 0.232 e. The van der Waals surface area contributed by atoms with Gasteiger partial charge in [-0.15, -0.1) is 0 Å². The predicted octanol–water partition coefficient (Wildman–Crippen LogP) is 2.00. The minimum atomic E-state index is -3.54. The van der Waals surface area contributed by atoms with Crippen molar-refractivity contribution in [3.8, 4) is 0 Å². The van der Waals surface area contributed by atoms with Crippen LogP contribution >= 0.6 is 0 Å². The molecule has 0 aromatic heterocycles. The molecule has 0 amide bonds. The van der Waals surface area contributed by atoms with Gasteiger partial charge >= 0.3 is 0 Å². The second-order valence-electron chi connectivity index (χ2n) is 6.73. The Morgan fingerprint density at radius 2 is 1.76 bits per heavy atom. The van der Waals surface area contributed by atoms with Gasteiger partial charge in [-0.1, -0.05) is 6.07 Å². The molecule has 1 aromatic rings. The molecule has 6 nitrogen and oxygen atoms in total. The largest absolute Gasteiger partial charge is 0.383 e. The van der Waals surface area contributed by atoms with Crippen LogP contribution in [0, 0.1) is 12.8 Å². The van der Waals surface area contributed by atoms with Crippen molar-refractivity contribution < 1.29 is 18.0 Å². The minimum absolute atomic E-state index is 0.0968. The molecule has 0 spiro atoms. The van der Waals surface area contributed by atoms with Crippen LogP contribution in [0.15, 0.2) is 30.0 Å². The van der Waals surface area contributed by atoms with Crippen LogP contribution in [0.25, 0.3) is 0 Å². The molecule has 0 atom stereocenters. The van der Waals surface area contributed by atoms with E-state index in [-0.39, 0.29) is 28.5 Å². The number of carbonyl (C=O) groups excluding carboxylic acids is 2. The summed E-state index contributed by atoms with van der Waals surface area (Å²) < 4.78 is 25.0. The predicted molar refractivity (Wildman–Crippen MR) is 98.3 cm³/mol. The summed E-state index contributed by atoms with van der Waals surface area (Å²) in [5.74, 6) is -0.722. The van der Waals surface area contributed by atoms with Gasteiger partial charge in [0.2, 0.25) is 10.0 Å². The molecule has 0 N–H and O–H groups in total. The van der Waals surface area contributed by atoms with Crippen LogP contribution in [0.3, 0.4) is 0 Å². The second-order valence-corrected chi connectivity index (χ2v) is 8.74. The van der Waals surface area contributed by atoms with Crippen molar-refractivity contribution in [2.75, 3.05) is 31.7 Å².